The molecule has 5 heteroatoms. The highest BCUT2D eigenvalue weighted by molar-refractivity contribution is 7.98. The Labute approximate surface area is 157 Å². The Morgan fingerprint density at radius 1 is 1.04 bits per heavy atom. The summed E-state index contributed by atoms with van der Waals surface area (Å²) >= 11 is 1.41. The molecule has 1 heterocycles. The molecule has 3 nitrogen and oxygen atoms in total. The standard InChI is InChI=1S/C21H21FN2OS/c1-4-17-12-20(25-19-11-7-8-14(2)15(19)3)24-21(23-17)26-13-16-9-5-6-10-18(16)22/h5-12H,4,13H2,1-3H3. The van der Waals surface area contributed by atoms with Crippen LogP contribution in [0.25, 0.3) is 0 Å². The minimum atomic E-state index is -0.210. The predicted molar refractivity (Wildman–Crippen MR) is 103 cm³/mol. The molecule has 0 unspecified atom stereocenters. The maximum Gasteiger partial charge on any atom is 0.223 e. The first kappa shape index (κ1) is 18.4. The molecule has 134 valence electrons. The summed E-state index contributed by atoms with van der Waals surface area (Å²) in [6, 6.07) is 14.6. The van der Waals surface area contributed by atoms with Crippen molar-refractivity contribution in [2.24, 2.45) is 0 Å². The van der Waals surface area contributed by atoms with Crippen LogP contribution in [-0.2, 0) is 12.2 Å². The molecule has 0 fully saturated rings. The zero-order valence-electron chi connectivity index (χ0n) is 15.1. The first-order valence-corrected chi connectivity index (χ1v) is 9.53. The Morgan fingerprint density at radius 3 is 2.62 bits per heavy atom. The van der Waals surface area contributed by atoms with E-state index in [1.54, 1.807) is 12.1 Å². The molecule has 3 aromatic rings. The van der Waals surface area contributed by atoms with Gasteiger partial charge in [-0.3, -0.25) is 0 Å². The van der Waals surface area contributed by atoms with Crippen LogP contribution in [0.5, 0.6) is 11.6 Å². The summed E-state index contributed by atoms with van der Waals surface area (Å²) in [6.07, 6.45) is 0.777. The lowest BCUT2D eigenvalue weighted by atomic mass is 10.1. The van der Waals surface area contributed by atoms with Gasteiger partial charge in [-0.1, -0.05) is 49.0 Å². The third-order valence-electron chi connectivity index (χ3n) is 4.18. The first-order valence-electron chi connectivity index (χ1n) is 8.55. The SMILES string of the molecule is CCc1cc(Oc2cccc(C)c2C)nc(SCc2ccccc2F)n1. The molecule has 0 saturated heterocycles. The minimum absolute atomic E-state index is 0.210. The highest BCUT2D eigenvalue weighted by Gasteiger charge is 2.10. The van der Waals surface area contributed by atoms with Gasteiger partial charge in [-0.05, 0) is 49.1 Å². The van der Waals surface area contributed by atoms with E-state index in [2.05, 4.69) is 23.0 Å². The fourth-order valence-electron chi connectivity index (χ4n) is 2.45. The van der Waals surface area contributed by atoms with Crippen LogP contribution >= 0.6 is 11.8 Å². The molecule has 0 radical (unpaired) electrons. The molecule has 0 amide bonds. The number of ether oxygens (including phenoxy) is 1. The van der Waals surface area contributed by atoms with Gasteiger partial charge in [0.2, 0.25) is 5.88 Å². The summed E-state index contributed by atoms with van der Waals surface area (Å²) in [6.45, 7) is 6.12. The number of benzene rings is 2. The van der Waals surface area contributed by atoms with Crippen LogP contribution in [0.2, 0.25) is 0 Å². The largest absolute Gasteiger partial charge is 0.439 e. The van der Waals surface area contributed by atoms with Crippen LogP contribution in [0.1, 0.15) is 29.3 Å². The van der Waals surface area contributed by atoms with E-state index in [-0.39, 0.29) is 5.82 Å². The van der Waals surface area contributed by atoms with Crippen LogP contribution in [-0.4, -0.2) is 9.97 Å². The number of hydrogen-bond acceptors (Lipinski definition) is 4. The fraction of sp³-hybridized carbons (Fsp3) is 0.238. The van der Waals surface area contributed by atoms with Gasteiger partial charge in [0.25, 0.3) is 0 Å². The predicted octanol–water partition coefficient (Wildman–Crippen LogP) is 5.88. The summed E-state index contributed by atoms with van der Waals surface area (Å²) in [5.41, 5.74) is 3.79. The second kappa shape index (κ2) is 8.32. The van der Waals surface area contributed by atoms with Gasteiger partial charge < -0.3 is 4.74 Å². The highest BCUT2D eigenvalue weighted by Crippen LogP contribution is 2.28. The Hall–Kier alpha value is -2.40. The van der Waals surface area contributed by atoms with Gasteiger partial charge in [0.15, 0.2) is 5.16 Å². The van der Waals surface area contributed by atoms with Crippen LogP contribution in [0.15, 0.2) is 53.7 Å². The molecule has 0 N–H and O–H groups in total. The normalized spacial score (nSPS) is 10.8. The molecule has 0 spiro atoms. The number of rotatable bonds is 6. The van der Waals surface area contributed by atoms with E-state index >= 15 is 0 Å². The number of halogens is 1. The monoisotopic (exact) mass is 368 g/mol. The van der Waals surface area contributed by atoms with Crippen LogP contribution < -0.4 is 4.74 Å². The molecule has 26 heavy (non-hydrogen) atoms. The average molecular weight is 368 g/mol. The van der Waals surface area contributed by atoms with Crippen molar-refractivity contribution in [2.75, 3.05) is 0 Å². The van der Waals surface area contributed by atoms with Gasteiger partial charge in [-0.15, -0.1) is 0 Å². The molecule has 3 rings (SSSR count). The lowest BCUT2D eigenvalue weighted by molar-refractivity contribution is 0.450. The molecule has 0 aliphatic rings. The maximum atomic E-state index is 13.8. The zero-order valence-corrected chi connectivity index (χ0v) is 15.9. The third kappa shape index (κ3) is 4.41. The van der Waals surface area contributed by atoms with Gasteiger partial charge in [0, 0.05) is 17.5 Å². The lowest BCUT2D eigenvalue weighted by Crippen LogP contribution is -1.99. The summed E-state index contributed by atoms with van der Waals surface area (Å²) in [4.78, 5) is 9.03. The Kier molecular flexibility index (Phi) is 5.89. The second-order valence-corrected chi connectivity index (χ2v) is 6.96. The Balaban J connectivity index is 1.82. The van der Waals surface area contributed by atoms with E-state index in [9.17, 15) is 4.39 Å². The van der Waals surface area contributed by atoms with Crippen molar-refractivity contribution in [2.45, 2.75) is 38.1 Å². The molecule has 0 aliphatic heterocycles. The van der Waals surface area contributed by atoms with Crippen molar-refractivity contribution in [3.05, 3.63) is 76.7 Å². The highest BCUT2D eigenvalue weighted by atomic mass is 32.2. The summed E-state index contributed by atoms with van der Waals surface area (Å²) < 4.78 is 19.8. The topological polar surface area (TPSA) is 35.0 Å². The van der Waals surface area contributed by atoms with E-state index in [1.165, 1.54) is 23.4 Å². The number of hydrogen-bond donors (Lipinski definition) is 0. The number of aromatic nitrogens is 2. The molecule has 2 aromatic carbocycles. The third-order valence-corrected chi connectivity index (χ3v) is 5.08. The Bertz CT molecular complexity index is 914. The van der Waals surface area contributed by atoms with E-state index in [0.29, 0.717) is 22.4 Å². The van der Waals surface area contributed by atoms with Crippen molar-refractivity contribution < 1.29 is 9.13 Å². The van der Waals surface area contributed by atoms with E-state index < -0.39 is 0 Å². The molecule has 0 saturated carbocycles. The molecule has 0 bridgehead atoms. The van der Waals surface area contributed by atoms with E-state index in [4.69, 9.17) is 4.74 Å². The van der Waals surface area contributed by atoms with Crippen LogP contribution in [0.4, 0.5) is 4.39 Å². The van der Waals surface area contributed by atoms with Gasteiger partial charge in [-0.25, -0.2) is 9.37 Å². The van der Waals surface area contributed by atoms with Crippen molar-refractivity contribution >= 4 is 11.8 Å². The average Bonchev–Trinajstić information content (AvgIpc) is 2.64. The molecule has 0 aliphatic carbocycles. The quantitative estimate of drug-likeness (QED) is 0.402. The van der Waals surface area contributed by atoms with Crippen LogP contribution in [0, 0.1) is 19.7 Å². The minimum Gasteiger partial charge on any atom is -0.439 e. The zero-order chi connectivity index (χ0) is 18.5. The summed E-state index contributed by atoms with van der Waals surface area (Å²) in [5.74, 6) is 1.57. The van der Waals surface area contributed by atoms with E-state index in [0.717, 1.165) is 23.4 Å². The van der Waals surface area contributed by atoms with Crippen molar-refractivity contribution in [3.63, 3.8) is 0 Å². The Morgan fingerprint density at radius 2 is 1.85 bits per heavy atom. The molecular formula is C21H21FN2OS. The molecular weight excluding hydrogens is 347 g/mol. The number of nitrogens with zero attached hydrogens (tertiary/aromatic N) is 2. The van der Waals surface area contributed by atoms with Crippen molar-refractivity contribution in [1.29, 1.82) is 0 Å². The maximum absolute atomic E-state index is 13.8. The number of aryl methyl sites for hydroxylation is 2. The first-order chi connectivity index (χ1) is 12.6. The fourth-order valence-corrected chi connectivity index (χ4v) is 3.31. The summed E-state index contributed by atoms with van der Waals surface area (Å²) in [5, 5.41) is 0.591. The van der Waals surface area contributed by atoms with Crippen molar-refractivity contribution in [1.82, 2.24) is 9.97 Å². The van der Waals surface area contributed by atoms with Crippen molar-refractivity contribution in [3.8, 4) is 11.6 Å². The molecule has 0 atom stereocenters. The number of thioether (sulfide) groups is 1. The summed E-state index contributed by atoms with van der Waals surface area (Å²) in [7, 11) is 0. The lowest BCUT2D eigenvalue weighted by Gasteiger charge is -2.11. The van der Waals surface area contributed by atoms with Crippen LogP contribution in [0.3, 0.4) is 0 Å². The van der Waals surface area contributed by atoms with E-state index in [1.807, 2.05) is 38.1 Å². The van der Waals surface area contributed by atoms with Gasteiger partial charge in [-0.2, -0.15) is 4.98 Å². The smallest absolute Gasteiger partial charge is 0.223 e. The molecule has 1 aromatic heterocycles. The van der Waals surface area contributed by atoms with Gasteiger partial charge in [0.05, 0.1) is 0 Å². The van der Waals surface area contributed by atoms with Gasteiger partial charge in [0.1, 0.15) is 11.6 Å². The second-order valence-electron chi connectivity index (χ2n) is 6.01. The van der Waals surface area contributed by atoms with Gasteiger partial charge >= 0.3 is 0 Å².